The minimum atomic E-state index is -4.70. The molecule has 0 fully saturated rings. The van der Waals surface area contributed by atoms with Gasteiger partial charge < -0.3 is 15.4 Å². The summed E-state index contributed by atoms with van der Waals surface area (Å²) >= 11 is 0. The van der Waals surface area contributed by atoms with Crippen molar-refractivity contribution >= 4 is 31.5 Å². The third kappa shape index (κ3) is 6.25. The average molecular weight is 404 g/mol. The normalized spacial score (nSPS) is 11.0. The van der Waals surface area contributed by atoms with Crippen molar-refractivity contribution in [3.63, 3.8) is 0 Å². The van der Waals surface area contributed by atoms with E-state index in [1.807, 2.05) is 0 Å². The first kappa shape index (κ1) is 24.3. The summed E-state index contributed by atoms with van der Waals surface area (Å²) in [6.07, 6.45) is 0. The first-order chi connectivity index (χ1) is 10.1. The van der Waals surface area contributed by atoms with Crippen LogP contribution in [0.4, 0.5) is 11.4 Å². The third-order valence-electron chi connectivity index (χ3n) is 2.67. The van der Waals surface area contributed by atoms with E-state index < -0.39 is 30.8 Å². The van der Waals surface area contributed by atoms with E-state index in [-0.39, 0.29) is 97.2 Å². The number of nitrogen functional groups attached to an aromatic ring is 1. The molecule has 2 aromatic carbocycles. The molecule has 24 heavy (non-hydrogen) atoms. The van der Waals surface area contributed by atoms with Gasteiger partial charge in [0.25, 0.3) is 10.0 Å². The van der Waals surface area contributed by atoms with Crippen molar-refractivity contribution in [2.75, 3.05) is 10.5 Å². The Morgan fingerprint density at radius 2 is 1.58 bits per heavy atom. The van der Waals surface area contributed by atoms with Crippen LogP contribution in [0, 0.1) is 0 Å². The Labute approximate surface area is 204 Å². The predicted molar refractivity (Wildman–Crippen MR) is 75.5 cm³/mol. The predicted octanol–water partition coefficient (Wildman–Crippen LogP) is -5.94. The molecule has 0 amide bonds. The number of nitrogens with one attached hydrogen (secondary N) is 1. The van der Waals surface area contributed by atoms with Crippen molar-refractivity contribution in [2.24, 2.45) is 0 Å². The van der Waals surface area contributed by atoms with Crippen LogP contribution in [0.3, 0.4) is 0 Å². The van der Waals surface area contributed by atoms with E-state index in [2.05, 4.69) is 4.72 Å². The zero-order valence-corrected chi connectivity index (χ0v) is 19.6. The monoisotopic (exact) mass is 404 g/mol. The zero-order valence-electron chi connectivity index (χ0n) is 12.9. The topological polar surface area (TPSA) is 152 Å². The Kier molecular flexibility index (Phi) is 9.45. The fraction of sp³-hybridized carbons (Fsp3) is 0. The molecule has 0 bridgehead atoms. The smallest absolute Gasteiger partial charge is 0.871 e. The maximum atomic E-state index is 12.1. The SMILES string of the molecule is Nc1cc(S(=O)(=O)Nc2cccc(S(=O)(=O)[O-])c2)ccc1[O-].[K+].[Na+]. The molecule has 0 saturated heterocycles. The fourth-order valence-corrected chi connectivity index (χ4v) is 3.22. The number of benzene rings is 2. The zero-order chi connectivity index (χ0) is 16.5. The van der Waals surface area contributed by atoms with Gasteiger partial charge in [0.05, 0.1) is 15.5 Å². The van der Waals surface area contributed by atoms with Gasteiger partial charge >= 0.3 is 80.9 Å². The fourth-order valence-electron chi connectivity index (χ4n) is 1.62. The molecule has 0 atom stereocenters. The second-order valence-corrected chi connectivity index (χ2v) is 7.35. The van der Waals surface area contributed by atoms with Crippen LogP contribution in [-0.2, 0) is 20.1 Å². The van der Waals surface area contributed by atoms with Crippen molar-refractivity contribution in [2.45, 2.75) is 9.79 Å². The minimum absolute atomic E-state index is 0. The van der Waals surface area contributed by atoms with E-state index in [0.717, 1.165) is 30.3 Å². The summed E-state index contributed by atoms with van der Waals surface area (Å²) in [5.41, 5.74) is 5.02. The Bertz CT molecular complexity index is 934. The van der Waals surface area contributed by atoms with Crippen molar-refractivity contribution in [3.05, 3.63) is 42.5 Å². The standard InChI is InChI=1S/C12H12N2O6S2.K.Na/c13-11-7-9(4-5-12(11)15)21(16,17)14-8-2-1-3-10(6-8)22(18,19)20;;/h1-7,14-15H,13H2,(H,18,19,20);;/q;2*+1/p-2. The van der Waals surface area contributed by atoms with Crippen LogP contribution in [0.1, 0.15) is 0 Å². The van der Waals surface area contributed by atoms with Crippen LogP contribution in [0.2, 0.25) is 0 Å². The second kappa shape index (κ2) is 9.32. The Balaban J connectivity index is 0.00000264. The van der Waals surface area contributed by atoms with Gasteiger partial charge in [-0.2, -0.15) is 0 Å². The average Bonchev–Trinajstić information content (AvgIpc) is 2.40. The van der Waals surface area contributed by atoms with Crippen LogP contribution in [0.25, 0.3) is 0 Å². The van der Waals surface area contributed by atoms with Gasteiger partial charge in [0.2, 0.25) is 0 Å². The summed E-state index contributed by atoms with van der Waals surface area (Å²) in [5, 5.41) is 11.2. The molecule has 0 unspecified atom stereocenters. The molecule has 118 valence electrons. The summed E-state index contributed by atoms with van der Waals surface area (Å²) in [6.45, 7) is 0. The molecule has 2 aromatic rings. The molecule has 0 radical (unpaired) electrons. The third-order valence-corrected chi connectivity index (χ3v) is 4.88. The van der Waals surface area contributed by atoms with Crippen molar-refractivity contribution < 1.29 is 107 Å². The molecule has 0 aliphatic carbocycles. The van der Waals surface area contributed by atoms with Crippen LogP contribution in [0.15, 0.2) is 52.3 Å². The number of hydrogen-bond acceptors (Lipinski definition) is 7. The number of nitrogens with two attached hydrogens (primary N) is 1. The van der Waals surface area contributed by atoms with E-state index in [0.29, 0.717) is 0 Å². The van der Waals surface area contributed by atoms with Crippen molar-refractivity contribution in [1.82, 2.24) is 0 Å². The molecule has 0 aliphatic rings. The van der Waals surface area contributed by atoms with Gasteiger partial charge in [-0.15, -0.1) is 0 Å². The summed E-state index contributed by atoms with van der Waals surface area (Å²) in [6, 6.07) is 7.49. The van der Waals surface area contributed by atoms with Crippen LogP contribution < -0.4 is 96.5 Å². The Morgan fingerprint density at radius 1 is 0.958 bits per heavy atom. The van der Waals surface area contributed by atoms with E-state index in [1.165, 1.54) is 12.1 Å². The van der Waals surface area contributed by atoms with Gasteiger partial charge in [-0.1, -0.05) is 17.9 Å². The maximum Gasteiger partial charge on any atom is 1.00 e. The molecule has 0 spiro atoms. The largest absolute Gasteiger partial charge is 1.00 e. The maximum absolute atomic E-state index is 12.1. The van der Waals surface area contributed by atoms with Gasteiger partial charge in [-0.3, -0.25) is 4.72 Å². The van der Waals surface area contributed by atoms with Gasteiger partial charge in [0.1, 0.15) is 10.1 Å². The Hall–Kier alpha value is 0.336. The summed E-state index contributed by atoms with van der Waals surface area (Å²) in [5.74, 6) is -0.515. The molecular formula is C12H10KN2NaO6S2. The first-order valence-electron chi connectivity index (χ1n) is 5.75. The molecule has 3 N–H and O–H groups in total. The summed E-state index contributed by atoms with van der Waals surface area (Å²) < 4.78 is 59.1. The quantitative estimate of drug-likeness (QED) is 0.292. The molecule has 2 rings (SSSR count). The molecule has 0 saturated carbocycles. The molecular weight excluding hydrogens is 394 g/mol. The van der Waals surface area contributed by atoms with Crippen LogP contribution in [0.5, 0.6) is 5.75 Å². The summed E-state index contributed by atoms with van der Waals surface area (Å²) in [4.78, 5) is -0.831. The van der Waals surface area contributed by atoms with Gasteiger partial charge in [-0.05, 0) is 30.3 Å². The van der Waals surface area contributed by atoms with E-state index >= 15 is 0 Å². The van der Waals surface area contributed by atoms with Crippen molar-refractivity contribution in [3.8, 4) is 5.75 Å². The Morgan fingerprint density at radius 3 is 2.12 bits per heavy atom. The molecule has 0 heterocycles. The van der Waals surface area contributed by atoms with E-state index in [1.54, 1.807) is 0 Å². The number of rotatable bonds is 4. The van der Waals surface area contributed by atoms with Gasteiger partial charge in [0, 0.05) is 5.69 Å². The van der Waals surface area contributed by atoms with Gasteiger partial charge in [0.15, 0.2) is 0 Å². The first-order valence-corrected chi connectivity index (χ1v) is 8.64. The molecule has 8 nitrogen and oxygen atoms in total. The van der Waals surface area contributed by atoms with E-state index in [9.17, 15) is 26.5 Å². The molecule has 0 aliphatic heterocycles. The number of sulfonamides is 1. The minimum Gasteiger partial charge on any atom is -0.871 e. The number of anilines is 2. The number of hydrogen-bond donors (Lipinski definition) is 2. The van der Waals surface area contributed by atoms with Crippen LogP contribution in [-0.4, -0.2) is 21.4 Å². The summed E-state index contributed by atoms with van der Waals surface area (Å²) in [7, 11) is -8.78. The van der Waals surface area contributed by atoms with Crippen molar-refractivity contribution in [1.29, 1.82) is 0 Å². The van der Waals surface area contributed by atoms with Crippen LogP contribution >= 0.6 is 0 Å². The second-order valence-electron chi connectivity index (χ2n) is 4.29. The van der Waals surface area contributed by atoms with Gasteiger partial charge in [-0.25, -0.2) is 16.8 Å². The van der Waals surface area contributed by atoms with E-state index in [4.69, 9.17) is 5.73 Å². The molecule has 12 heteroatoms. The molecule has 0 aromatic heterocycles.